The third-order valence-electron chi connectivity index (χ3n) is 5.78. The van der Waals surface area contributed by atoms with E-state index < -0.39 is 0 Å². The highest BCUT2D eigenvalue weighted by atomic mass is 16.3. The van der Waals surface area contributed by atoms with Crippen LogP contribution < -0.4 is 0 Å². The highest BCUT2D eigenvalue weighted by Crippen LogP contribution is 2.45. The first-order chi connectivity index (χ1) is 13.5. The second-order valence-electron chi connectivity index (χ2n) is 8.62. The number of rotatable bonds is 0. The van der Waals surface area contributed by atoms with Gasteiger partial charge in [0.05, 0.1) is 0 Å². The average Bonchev–Trinajstić information content (AvgIpc) is 3.24. The Morgan fingerprint density at radius 3 is 2.18 bits per heavy atom. The topological polar surface area (TPSA) is 26.3 Å². The van der Waals surface area contributed by atoms with Crippen LogP contribution in [0.5, 0.6) is 0 Å². The van der Waals surface area contributed by atoms with Crippen LogP contribution in [0.2, 0.25) is 0 Å². The van der Waals surface area contributed by atoms with Crippen LogP contribution in [0.15, 0.2) is 75.6 Å². The summed E-state index contributed by atoms with van der Waals surface area (Å²) in [6.45, 7) is 6.67. The van der Waals surface area contributed by atoms with Gasteiger partial charge in [0.25, 0.3) is 0 Å². The molecule has 0 aliphatic heterocycles. The zero-order chi connectivity index (χ0) is 19.0. The summed E-state index contributed by atoms with van der Waals surface area (Å²) in [7, 11) is 0. The zero-order valence-corrected chi connectivity index (χ0v) is 16.2. The second kappa shape index (κ2) is 5.17. The molecule has 6 aromatic rings. The van der Waals surface area contributed by atoms with Crippen molar-refractivity contribution in [1.29, 1.82) is 0 Å². The molecule has 4 aromatic carbocycles. The zero-order valence-electron chi connectivity index (χ0n) is 16.2. The number of furan rings is 2. The van der Waals surface area contributed by atoms with Crippen molar-refractivity contribution in [3.8, 4) is 0 Å². The maximum absolute atomic E-state index is 6.61. The number of hydrogen-bond donors (Lipinski definition) is 0. The minimum absolute atomic E-state index is 0.0604. The summed E-state index contributed by atoms with van der Waals surface area (Å²) in [6, 6.07) is 23.2. The van der Waals surface area contributed by atoms with Gasteiger partial charge in [-0.1, -0.05) is 69.3 Å². The predicted octanol–water partition coefficient (Wildman–Crippen LogP) is 7.94. The van der Waals surface area contributed by atoms with Crippen molar-refractivity contribution in [2.45, 2.75) is 26.2 Å². The second-order valence-corrected chi connectivity index (χ2v) is 8.62. The fourth-order valence-corrected chi connectivity index (χ4v) is 4.44. The van der Waals surface area contributed by atoms with Gasteiger partial charge in [-0.15, -0.1) is 0 Å². The molecule has 0 aliphatic rings. The van der Waals surface area contributed by atoms with Crippen LogP contribution in [0.4, 0.5) is 0 Å². The van der Waals surface area contributed by atoms with Crippen molar-refractivity contribution in [2.24, 2.45) is 0 Å². The van der Waals surface area contributed by atoms with E-state index in [4.69, 9.17) is 8.83 Å². The summed E-state index contributed by atoms with van der Waals surface area (Å²) in [6.07, 6.45) is 0. The van der Waals surface area contributed by atoms with Gasteiger partial charge in [-0.2, -0.15) is 0 Å². The lowest BCUT2D eigenvalue weighted by molar-refractivity contribution is 0.571. The molecule has 0 atom stereocenters. The highest BCUT2D eigenvalue weighted by Gasteiger charge is 2.26. The van der Waals surface area contributed by atoms with Crippen LogP contribution in [0, 0.1) is 0 Å². The van der Waals surface area contributed by atoms with E-state index in [1.165, 1.54) is 10.9 Å². The van der Waals surface area contributed by atoms with Crippen molar-refractivity contribution < 1.29 is 8.83 Å². The van der Waals surface area contributed by atoms with E-state index in [9.17, 15) is 0 Å². The summed E-state index contributed by atoms with van der Waals surface area (Å²) in [5.41, 5.74) is 4.88. The number of benzene rings is 4. The Bertz CT molecular complexity index is 1540. The molecule has 0 amide bonds. The Labute approximate surface area is 162 Å². The largest absolute Gasteiger partial charge is 0.456 e. The summed E-state index contributed by atoms with van der Waals surface area (Å²) < 4.78 is 12.9. The van der Waals surface area contributed by atoms with E-state index in [2.05, 4.69) is 75.4 Å². The maximum atomic E-state index is 6.61. The third-order valence-corrected chi connectivity index (χ3v) is 5.78. The highest BCUT2D eigenvalue weighted by molar-refractivity contribution is 6.28. The van der Waals surface area contributed by atoms with Crippen molar-refractivity contribution in [1.82, 2.24) is 0 Å². The summed E-state index contributed by atoms with van der Waals surface area (Å²) in [4.78, 5) is 0. The van der Waals surface area contributed by atoms with E-state index in [0.717, 1.165) is 49.3 Å². The molecule has 0 aliphatic carbocycles. The molecule has 0 bridgehead atoms. The smallest absolute Gasteiger partial charge is 0.143 e. The predicted molar refractivity (Wildman–Crippen MR) is 117 cm³/mol. The van der Waals surface area contributed by atoms with Gasteiger partial charge in [0.15, 0.2) is 0 Å². The van der Waals surface area contributed by atoms with Gasteiger partial charge in [0.1, 0.15) is 22.3 Å². The van der Waals surface area contributed by atoms with Crippen LogP contribution in [0.3, 0.4) is 0 Å². The first kappa shape index (κ1) is 15.8. The van der Waals surface area contributed by atoms with Gasteiger partial charge >= 0.3 is 0 Å². The molecule has 0 unspecified atom stereocenters. The van der Waals surface area contributed by atoms with Gasteiger partial charge in [-0.3, -0.25) is 0 Å². The van der Waals surface area contributed by atoms with Crippen molar-refractivity contribution in [2.75, 3.05) is 0 Å². The number of para-hydroxylation sites is 1. The quantitative estimate of drug-likeness (QED) is 0.273. The fraction of sp³-hybridized carbons (Fsp3) is 0.154. The van der Waals surface area contributed by atoms with Crippen molar-refractivity contribution >= 4 is 54.6 Å². The minimum atomic E-state index is -0.0604. The monoisotopic (exact) mass is 364 g/mol. The number of fused-ring (bicyclic) bond motifs is 9. The fourth-order valence-electron chi connectivity index (χ4n) is 4.44. The van der Waals surface area contributed by atoms with Gasteiger partial charge in [0, 0.05) is 32.5 Å². The normalized spacial score (nSPS) is 12.8. The summed E-state index contributed by atoms with van der Waals surface area (Å²) in [5, 5.41) is 6.94. The van der Waals surface area contributed by atoms with E-state index in [1.54, 1.807) is 0 Å². The molecule has 28 heavy (non-hydrogen) atoms. The lowest BCUT2D eigenvalue weighted by Gasteiger charge is -2.19. The molecule has 136 valence electrons. The molecule has 0 saturated heterocycles. The molecule has 0 spiro atoms. The third kappa shape index (κ3) is 1.98. The van der Waals surface area contributed by atoms with E-state index >= 15 is 0 Å². The Kier molecular flexibility index (Phi) is 2.91. The molecule has 0 saturated carbocycles. The van der Waals surface area contributed by atoms with E-state index in [1.807, 2.05) is 12.1 Å². The van der Waals surface area contributed by atoms with E-state index in [-0.39, 0.29) is 5.41 Å². The first-order valence-corrected chi connectivity index (χ1v) is 9.71. The van der Waals surface area contributed by atoms with Gasteiger partial charge in [-0.05, 0) is 29.0 Å². The van der Waals surface area contributed by atoms with Crippen LogP contribution >= 0.6 is 0 Å². The Hall–Kier alpha value is -3.26. The van der Waals surface area contributed by atoms with Crippen LogP contribution in [0.25, 0.3) is 54.6 Å². The van der Waals surface area contributed by atoms with Crippen LogP contribution in [0.1, 0.15) is 26.3 Å². The average molecular weight is 364 g/mol. The number of hydrogen-bond acceptors (Lipinski definition) is 2. The van der Waals surface area contributed by atoms with Gasteiger partial charge in [0.2, 0.25) is 0 Å². The van der Waals surface area contributed by atoms with Crippen LogP contribution in [-0.2, 0) is 5.41 Å². The SMILES string of the molecule is CC(C)(C)c1cc2oc3ccccc3c2c2c1oc1c3ccccc3ccc12. The molecule has 0 fully saturated rings. The van der Waals surface area contributed by atoms with Crippen molar-refractivity contribution in [3.05, 3.63) is 72.3 Å². The molecule has 0 radical (unpaired) electrons. The first-order valence-electron chi connectivity index (χ1n) is 9.71. The molecular weight excluding hydrogens is 344 g/mol. The standard InChI is InChI=1S/C26H20O2/c1-26(2,3)19-14-21-22(17-10-6-7-11-20(17)27-21)23-18-13-12-15-8-4-5-9-16(15)24(18)28-25(19)23/h4-14H,1-3H3. The molecule has 2 heteroatoms. The summed E-state index contributed by atoms with van der Waals surface area (Å²) >= 11 is 0. The lowest BCUT2D eigenvalue weighted by Crippen LogP contribution is -2.11. The van der Waals surface area contributed by atoms with Gasteiger partial charge in [-0.25, -0.2) is 0 Å². The summed E-state index contributed by atoms with van der Waals surface area (Å²) in [5.74, 6) is 0. The Morgan fingerprint density at radius 1 is 0.607 bits per heavy atom. The molecule has 2 nitrogen and oxygen atoms in total. The minimum Gasteiger partial charge on any atom is -0.456 e. The van der Waals surface area contributed by atoms with Gasteiger partial charge < -0.3 is 8.83 Å². The Balaban J connectivity index is 1.96. The molecule has 6 rings (SSSR count). The van der Waals surface area contributed by atoms with Crippen LogP contribution in [-0.4, -0.2) is 0 Å². The molecule has 2 heterocycles. The molecular formula is C26H20O2. The van der Waals surface area contributed by atoms with E-state index in [0.29, 0.717) is 0 Å². The molecule has 2 aromatic heterocycles. The lowest BCUT2D eigenvalue weighted by atomic mass is 9.85. The maximum Gasteiger partial charge on any atom is 0.143 e. The Morgan fingerprint density at radius 2 is 1.36 bits per heavy atom. The van der Waals surface area contributed by atoms with Crippen molar-refractivity contribution in [3.63, 3.8) is 0 Å². The molecule has 0 N–H and O–H groups in total.